The maximum Gasteiger partial charge on any atom is 0.234 e. The molecular weight excluding hydrogens is 316 g/mol. The maximum absolute atomic E-state index is 12.0. The van der Waals surface area contributed by atoms with Gasteiger partial charge in [0.2, 0.25) is 5.91 Å². The van der Waals surface area contributed by atoms with Crippen LogP contribution < -0.4 is 10.6 Å². The van der Waals surface area contributed by atoms with Crippen LogP contribution in [0.2, 0.25) is 0 Å². The van der Waals surface area contributed by atoms with Gasteiger partial charge >= 0.3 is 0 Å². The van der Waals surface area contributed by atoms with E-state index in [0.717, 1.165) is 16.5 Å². The van der Waals surface area contributed by atoms with E-state index in [1.165, 1.54) is 25.7 Å². The second-order valence-corrected chi connectivity index (χ2v) is 6.36. The van der Waals surface area contributed by atoms with Gasteiger partial charge in [0.05, 0.1) is 12.6 Å². The lowest BCUT2D eigenvalue weighted by molar-refractivity contribution is -0.121. The molecule has 0 bridgehead atoms. The number of carbonyl (C=O) groups is 1. The second kappa shape index (κ2) is 7.79. The molecule has 2 N–H and O–H groups in total. The van der Waals surface area contributed by atoms with Gasteiger partial charge in [-0.05, 0) is 37.0 Å². The van der Waals surface area contributed by atoms with E-state index >= 15 is 0 Å². The van der Waals surface area contributed by atoms with Gasteiger partial charge < -0.3 is 10.6 Å². The van der Waals surface area contributed by atoms with Crippen LogP contribution in [-0.2, 0) is 4.79 Å². The molecule has 1 unspecified atom stereocenters. The summed E-state index contributed by atoms with van der Waals surface area (Å²) >= 11 is 3.43. The standard InChI is InChI=1S/C16H23BrN2O/c1-2-15(12-7-9-13(17)10-8-12)19-16(20)11-18-14-5-3-4-6-14/h7-10,14-15,18H,2-6,11H2,1H3,(H,19,20). The summed E-state index contributed by atoms with van der Waals surface area (Å²) in [6.45, 7) is 2.52. The molecular formula is C16H23BrN2O. The Balaban J connectivity index is 1.82. The van der Waals surface area contributed by atoms with Crippen LogP contribution in [0.15, 0.2) is 28.7 Å². The highest BCUT2D eigenvalue weighted by Gasteiger charge is 2.17. The van der Waals surface area contributed by atoms with Gasteiger partial charge in [-0.2, -0.15) is 0 Å². The predicted molar refractivity (Wildman–Crippen MR) is 85.6 cm³/mol. The summed E-state index contributed by atoms with van der Waals surface area (Å²) in [6.07, 6.45) is 5.89. The minimum Gasteiger partial charge on any atom is -0.348 e. The van der Waals surface area contributed by atoms with Crippen molar-refractivity contribution in [3.8, 4) is 0 Å². The van der Waals surface area contributed by atoms with Crippen molar-refractivity contribution < 1.29 is 4.79 Å². The highest BCUT2D eigenvalue weighted by Crippen LogP contribution is 2.20. The smallest absolute Gasteiger partial charge is 0.234 e. The summed E-state index contributed by atoms with van der Waals surface area (Å²) in [6, 6.07) is 8.78. The summed E-state index contributed by atoms with van der Waals surface area (Å²) < 4.78 is 1.06. The van der Waals surface area contributed by atoms with Crippen molar-refractivity contribution in [2.45, 2.75) is 51.1 Å². The number of hydrogen-bond acceptors (Lipinski definition) is 2. The SMILES string of the molecule is CCC(NC(=O)CNC1CCCC1)c1ccc(Br)cc1. The van der Waals surface area contributed by atoms with Gasteiger partial charge in [-0.3, -0.25) is 4.79 Å². The van der Waals surface area contributed by atoms with Crippen molar-refractivity contribution >= 4 is 21.8 Å². The average molecular weight is 339 g/mol. The van der Waals surface area contributed by atoms with Gasteiger partial charge in [0.1, 0.15) is 0 Å². The lowest BCUT2D eigenvalue weighted by Gasteiger charge is -2.19. The Morgan fingerprint density at radius 2 is 1.95 bits per heavy atom. The van der Waals surface area contributed by atoms with Gasteiger partial charge in [-0.15, -0.1) is 0 Å². The van der Waals surface area contributed by atoms with E-state index in [2.05, 4.69) is 45.6 Å². The van der Waals surface area contributed by atoms with Gasteiger partial charge in [0, 0.05) is 10.5 Å². The summed E-state index contributed by atoms with van der Waals surface area (Å²) in [4.78, 5) is 12.0. The molecule has 1 fully saturated rings. The van der Waals surface area contributed by atoms with Crippen molar-refractivity contribution in [2.24, 2.45) is 0 Å². The van der Waals surface area contributed by atoms with Crippen molar-refractivity contribution in [1.82, 2.24) is 10.6 Å². The summed E-state index contributed by atoms with van der Waals surface area (Å²) in [5.41, 5.74) is 1.16. The lowest BCUT2D eigenvalue weighted by atomic mass is 10.0. The molecule has 1 atom stereocenters. The molecule has 1 aromatic carbocycles. The van der Waals surface area contributed by atoms with E-state index in [0.29, 0.717) is 12.6 Å². The van der Waals surface area contributed by atoms with Crippen LogP contribution in [0.4, 0.5) is 0 Å². The van der Waals surface area contributed by atoms with E-state index < -0.39 is 0 Å². The minimum atomic E-state index is 0.0895. The molecule has 0 spiro atoms. The van der Waals surface area contributed by atoms with Gasteiger partial charge in [0.15, 0.2) is 0 Å². The zero-order valence-corrected chi connectivity index (χ0v) is 13.6. The molecule has 0 heterocycles. The van der Waals surface area contributed by atoms with E-state index in [9.17, 15) is 4.79 Å². The molecule has 0 aliphatic heterocycles. The Bertz CT molecular complexity index is 427. The zero-order valence-electron chi connectivity index (χ0n) is 12.0. The molecule has 20 heavy (non-hydrogen) atoms. The minimum absolute atomic E-state index is 0.0895. The van der Waals surface area contributed by atoms with E-state index in [1.54, 1.807) is 0 Å². The number of rotatable bonds is 6. The zero-order chi connectivity index (χ0) is 14.4. The highest BCUT2D eigenvalue weighted by atomic mass is 79.9. The van der Waals surface area contributed by atoms with Crippen molar-refractivity contribution in [1.29, 1.82) is 0 Å². The summed E-state index contributed by atoms with van der Waals surface area (Å²) in [5, 5.41) is 6.46. The Hall–Kier alpha value is -0.870. The largest absolute Gasteiger partial charge is 0.348 e. The lowest BCUT2D eigenvalue weighted by Crippen LogP contribution is -2.39. The van der Waals surface area contributed by atoms with Crippen LogP contribution in [0.1, 0.15) is 50.6 Å². The third-order valence-corrected chi connectivity index (χ3v) is 4.45. The Morgan fingerprint density at radius 1 is 1.30 bits per heavy atom. The fraction of sp³-hybridized carbons (Fsp3) is 0.562. The van der Waals surface area contributed by atoms with Crippen molar-refractivity contribution in [3.63, 3.8) is 0 Å². The second-order valence-electron chi connectivity index (χ2n) is 5.44. The molecule has 4 heteroatoms. The third kappa shape index (κ3) is 4.60. The molecule has 1 aromatic rings. The normalized spacial score (nSPS) is 17.1. The van der Waals surface area contributed by atoms with Crippen LogP contribution in [0.5, 0.6) is 0 Å². The number of benzene rings is 1. The van der Waals surface area contributed by atoms with Crippen molar-refractivity contribution in [2.75, 3.05) is 6.54 Å². The van der Waals surface area contributed by atoms with Gasteiger partial charge in [-0.25, -0.2) is 0 Å². The molecule has 1 aliphatic carbocycles. The topological polar surface area (TPSA) is 41.1 Å². The number of halogens is 1. The van der Waals surface area contributed by atoms with Crippen LogP contribution in [-0.4, -0.2) is 18.5 Å². The highest BCUT2D eigenvalue weighted by molar-refractivity contribution is 9.10. The van der Waals surface area contributed by atoms with Crippen molar-refractivity contribution in [3.05, 3.63) is 34.3 Å². The molecule has 1 aliphatic rings. The van der Waals surface area contributed by atoms with Crippen LogP contribution in [0, 0.1) is 0 Å². The number of amides is 1. The van der Waals surface area contributed by atoms with Crippen LogP contribution >= 0.6 is 15.9 Å². The number of nitrogens with one attached hydrogen (secondary N) is 2. The van der Waals surface area contributed by atoms with E-state index in [1.807, 2.05) is 12.1 Å². The molecule has 0 saturated heterocycles. The number of carbonyl (C=O) groups excluding carboxylic acids is 1. The summed E-state index contributed by atoms with van der Waals surface area (Å²) in [5.74, 6) is 0.0895. The average Bonchev–Trinajstić information content (AvgIpc) is 2.97. The third-order valence-electron chi connectivity index (χ3n) is 3.92. The van der Waals surface area contributed by atoms with Crippen LogP contribution in [0.25, 0.3) is 0 Å². The predicted octanol–water partition coefficient (Wildman–Crippen LogP) is 3.55. The maximum atomic E-state index is 12.0. The molecule has 110 valence electrons. The fourth-order valence-electron chi connectivity index (χ4n) is 2.73. The molecule has 3 nitrogen and oxygen atoms in total. The molecule has 1 amide bonds. The molecule has 2 rings (SSSR count). The Kier molecular flexibility index (Phi) is 6.05. The first-order valence-electron chi connectivity index (χ1n) is 7.47. The number of hydrogen-bond donors (Lipinski definition) is 2. The van der Waals surface area contributed by atoms with Gasteiger partial charge in [-0.1, -0.05) is 47.8 Å². The summed E-state index contributed by atoms with van der Waals surface area (Å²) in [7, 11) is 0. The first-order valence-corrected chi connectivity index (χ1v) is 8.26. The first-order chi connectivity index (χ1) is 9.69. The first kappa shape index (κ1) is 15.5. The van der Waals surface area contributed by atoms with Gasteiger partial charge in [0.25, 0.3) is 0 Å². The molecule has 0 radical (unpaired) electrons. The molecule has 0 aromatic heterocycles. The molecule has 1 saturated carbocycles. The van der Waals surface area contributed by atoms with Crippen LogP contribution in [0.3, 0.4) is 0 Å². The Labute approximate surface area is 129 Å². The fourth-order valence-corrected chi connectivity index (χ4v) is 2.99. The quantitative estimate of drug-likeness (QED) is 0.832. The van der Waals surface area contributed by atoms with E-state index in [4.69, 9.17) is 0 Å². The van der Waals surface area contributed by atoms with E-state index in [-0.39, 0.29) is 11.9 Å². The Morgan fingerprint density at radius 3 is 2.55 bits per heavy atom. The monoisotopic (exact) mass is 338 g/mol.